The molecule has 1 aliphatic rings. The summed E-state index contributed by atoms with van der Waals surface area (Å²) in [5.41, 5.74) is 6.56. The highest BCUT2D eigenvalue weighted by Crippen LogP contribution is 2.38. The van der Waals surface area contributed by atoms with Crippen molar-refractivity contribution in [3.63, 3.8) is 0 Å². The summed E-state index contributed by atoms with van der Waals surface area (Å²) in [6.07, 6.45) is 5.20. The summed E-state index contributed by atoms with van der Waals surface area (Å²) in [5, 5.41) is 0. The van der Waals surface area contributed by atoms with Crippen LogP contribution in [0.4, 0.5) is 8.78 Å². The molecule has 18 heavy (non-hydrogen) atoms. The van der Waals surface area contributed by atoms with Crippen LogP contribution in [0.3, 0.4) is 0 Å². The molecule has 0 aromatic heterocycles. The van der Waals surface area contributed by atoms with Gasteiger partial charge in [0.05, 0.1) is 0 Å². The monoisotopic (exact) mass is 253 g/mol. The largest absolute Gasteiger partial charge is 0.327 e. The summed E-state index contributed by atoms with van der Waals surface area (Å²) in [4.78, 5) is 0. The average Bonchev–Trinajstić information content (AvgIpc) is 2.35. The molecule has 100 valence electrons. The molecule has 0 bridgehead atoms. The van der Waals surface area contributed by atoms with Gasteiger partial charge in [0, 0.05) is 12.0 Å². The highest BCUT2D eigenvalue weighted by Gasteiger charge is 2.30. The van der Waals surface area contributed by atoms with Crippen LogP contribution in [0, 0.1) is 17.6 Å². The number of halogens is 2. The molecule has 0 aliphatic heterocycles. The summed E-state index contributed by atoms with van der Waals surface area (Å²) < 4.78 is 27.1. The van der Waals surface area contributed by atoms with Gasteiger partial charge in [0.2, 0.25) is 0 Å². The molecule has 1 aliphatic carbocycles. The number of benzene rings is 1. The minimum atomic E-state index is -0.379. The molecule has 0 heterocycles. The van der Waals surface area contributed by atoms with E-state index in [9.17, 15) is 8.78 Å². The maximum atomic E-state index is 13.8. The van der Waals surface area contributed by atoms with E-state index >= 15 is 0 Å². The molecule has 1 aromatic carbocycles. The Bertz CT molecular complexity index is 405. The van der Waals surface area contributed by atoms with Gasteiger partial charge >= 0.3 is 0 Å². The Balaban J connectivity index is 2.21. The van der Waals surface area contributed by atoms with Crippen molar-refractivity contribution in [3.05, 3.63) is 35.4 Å². The average molecular weight is 253 g/mol. The summed E-state index contributed by atoms with van der Waals surface area (Å²) in [5.74, 6) is -0.140. The van der Waals surface area contributed by atoms with Crippen molar-refractivity contribution in [2.24, 2.45) is 11.7 Å². The lowest BCUT2D eigenvalue weighted by Gasteiger charge is -2.34. The topological polar surface area (TPSA) is 26.0 Å². The maximum absolute atomic E-state index is 13.8. The van der Waals surface area contributed by atoms with Gasteiger partial charge in [0.15, 0.2) is 0 Å². The summed E-state index contributed by atoms with van der Waals surface area (Å²) in [6, 6.07) is 3.64. The Hall–Kier alpha value is -0.960. The molecule has 1 nitrogen and oxygen atoms in total. The van der Waals surface area contributed by atoms with Crippen LogP contribution in [0.2, 0.25) is 0 Å². The van der Waals surface area contributed by atoms with Crippen LogP contribution in [-0.2, 0) is 0 Å². The second-order valence-electron chi connectivity index (χ2n) is 5.40. The second-order valence-corrected chi connectivity index (χ2v) is 5.40. The summed E-state index contributed by atoms with van der Waals surface area (Å²) in [7, 11) is 0. The molecular weight excluding hydrogens is 232 g/mol. The maximum Gasteiger partial charge on any atom is 0.126 e. The minimum Gasteiger partial charge on any atom is -0.327 e. The quantitative estimate of drug-likeness (QED) is 0.866. The zero-order chi connectivity index (χ0) is 13.1. The lowest BCUT2D eigenvalue weighted by atomic mass is 9.73. The highest BCUT2D eigenvalue weighted by atomic mass is 19.1. The van der Waals surface area contributed by atoms with Crippen LogP contribution in [0.15, 0.2) is 18.2 Å². The van der Waals surface area contributed by atoms with Gasteiger partial charge in [-0.1, -0.05) is 19.8 Å². The van der Waals surface area contributed by atoms with Crippen molar-refractivity contribution in [2.75, 3.05) is 0 Å². The zero-order valence-corrected chi connectivity index (χ0v) is 10.8. The van der Waals surface area contributed by atoms with Gasteiger partial charge in [0.25, 0.3) is 0 Å². The Morgan fingerprint density at radius 3 is 2.78 bits per heavy atom. The molecule has 2 rings (SSSR count). The van der Waals surface area contributed by atoms with E-state index in [4.69, 9.17) is 5.73 Å². The second kappa shape index (κ2) is 5.79. The van der Waals surface area contributed by atoms with Crippen molar-refractivity contribution in [1.82, 2.24) is 0 Å². The molecule has 2 N–H and O–H groups in total. The van der Waals surface area contributed by atoms with Crippen molar-refractivity contribution in [2.45, 2.75) is 51.0 Å². The normalized spacial score (nSPS) is 28.3. The predicted octanol–water partition coefficient (Wildman–Crippen LogP) is 3.98. The van der Waals surface area contributed by atoms with Crippen molar-refractivity contribution < 1.29 is 8.78 Å². The Morgan fingerprint density at radius 1 is 1.28 bits per heavy atom. The molecule has 3 atom stereocenters. The number of rotatable bonds is 3. The predicted molar refractivity (Wildman–Crippen MR) is 69.3 cm³/mol. The van der Waals surface area contributed by atoms with Crippen LogP contribution in [0.5, 0.6) is 0 Å². The van der Waals surface area contributed by atoms with Crippen LogP contribution in [-0.4, -0.2) is 6.04 Å². The highest BCUT2D eigenvalue weighted by molar-refractivity contribution is 5.25. The molecule has 1 fully saturated rings. The first-order valence-corrected chi connectivity index (χ1v) is 6.82. The summed E-state index contributed by atoms with van der Waals surface area (Å²) in [6.45, 7) is 2.16. The fourth-order valence-electron chi connectivity index (χ4n) is 3.11. The Morgan fingerprint density at radius 2 is 2.06 bits per heavy atom. The van der Waals surface area contributed by atoms with E-state index in [1.807, 2.05) is 0 Å². The Kier molecular flexibility index (Phi) is 4.33. The smallest absolute Gasteiger partial charge is 0.126 e. The fourth-order valence-corrected chi connectivity index (χ4v) is 3.11. The third-order valence-electron chi connectivity index (χ3n) is 4.07. The first-order valence-electron chi connectivity index (χ1n) is 6.82. The molecule has 0 radical (unpaired) electrons. The van der Waals surface area contributed by atoms with E-state index < -0.39 is 0 Å². The molecule has 3 unspecified atom stereocenters. The van der Waals surface area contributed by atoms with E-state index in [1.54, 1.807) is 0 Å². The van der Waals surface area contributed by atoms with Gasteiger partial charge in [-0.15, -0.1) is 0 Å². The standard InChI is InChI=1S/C15H21F2N/c1-2-3-10-4-7-15(18)13(8-10)12-9-11(16)5-6-14(12)17/h5-6,9-10,13,15H,2-4,7-8,18H2,1H3. The number of hydrogen-bond donors (Lipinski definition) is 1. The van der Waals surface area contributed by atoms with Gasteiger partial charge in [-0.2, -0.15) is 0 Å². The summed E-state index contributed by atoms with van der Waals surface area (Å²) >= 11 is 0. The van der Waals surface area contributed by atoms with Crippen LogP contribution < -0.4 is 5.73 Å². The van der Waals surface area contributed by atoms with Gasteiger partial charge < -0.3 is 5.73 Å². The van der Waals surface area contributed by atoms with Crippen LogP contribution >= 0.6 is 0 Å². The van der Waals surface area contributed by atoms with E-state index in [0.717, 1.165) is 38.2 Å². The van der Waals surface area contributed by atoms with Crippen LogP contribution in [0.25, 0.3) is 0 Å². The molecule has 3 heteroatoms. The third-order valence-corrected chi connectivity index (χ3v) is 4.07. The van der Waals surface area contributed by atoms with E-state index in [2.05, 4.69) is 6.92 Å². The zero-order valence-electron chi connectivity index (χ0n) is 10.8. The van der Waals surface area contributed by atoms with Gasteiger partial charge in [-0.25, -0.2) is 8.78 Å². The van der Waals surface area contributed by atoms with Gasteiger partial charge in [-0.05, 0) is 48.9 Å². The molecule has 1 aromatic rings. The Labute approximate surface area is 107 Å². The molecule has 0 saturated heterocycles. The first-order chi connectivity index (χ1) is 8.61. The number of nitrogens with two attached hydrogens (primary N) is 1. The van der Waals surface area contributed by atoms with Crippen LogP contribution in [0.1, 0.15) is 50.5 Å². The van der Waals surface area contributed by atoms with Crippen molar-refractivity contribution in [1.29, 1.82) is 0 Å². The first kappa shape index (κ1) is 13.5. The van der Waals surface area contributed by atoms with Crippen molar-refractivity contribution in [3.8, 4) is 0 Å². The van der Waals surface area contributed by atoms with E-state index in [-0.39, 0.29) is 23.6 Å². The molecule has 1 saturated carbocycles. The number of hydrogen-bond acceptors (Lipinski definition) is 1. The van der Waals surface area contributed by atoms with E-state index in [1.165, 1.54) is 12.1 Å². The van der Waals surface area contributed by atoms with E-state index in [0.29, 0.717) is 11.5 Å². The molecule has 0 spiro atoms. The van der Waals surface area contributed by atoms with Crippen molar-refractivity contribution >= 4 is 0 Å². The lowest BCUT2D eigenvalue weighted by molar-refractivity contribution is 0.270. The van der Waals surface area contributed by atoms with Gasteiger partial charge in [-0.3, -0.25) is 0 Å². The minimum absolute atomic E-state index is 0.0361. The lowest BCUT2D eigenvalue weighted by Crippen LogP contribution is -2.35. The molecular formula is C15H21F2N. The third kappa shape index (κ3) is 2.89. The SMILES string of the molecule is CCCC1CCC(N)C(c2cc(F)ccc2F)C1. The fraction of sp³-hybridized carbons (Fsp3) is 0.600. The van der Waals surface area contributed by atoms with Gasteiger partial charge in [0.1, 0.15) is 11.6 Å². The molecule has 0 amide bonds.